The average Bonchev–Trinajstić information content (AvgIpc) is 3.08. The molecule has 0 radical (unpaired) electrons. The second kappa shape index (κ2) is 5.17. The van der Waals surface area contributed by atoms with Gasteiger partial charge in [0.2, 0.25) is 0 Å². The summed E-state index contributed by atoms with van der Waals surface area (Å²) in [4.78, 5) is 13.5. The molecule has 1 N–H and O–H groups in total. The van der Waals surface area contributed by atoms with Gasteiger partial charge in [0.1, 0.15) is 0 Å². The lowest BCUT2D eigenvalue weighted by Crippen LogP contribution is -2.14. The van der Waals surface area contributed by atoms with Gasteiger partial charge in [-0.2, -0.15) is 0 Å². The molecule has 0 bridgehead atoms. The zero-order chi connectivity index (χ0) is 13.3. The maximum absolute atomic E-state index is 11.0. The molecule has 18 heavy (non-hydrogen) atoms. The summed E-state index contributed by atoms with van der Waals surface area (Å²) in [6.07, 6.45) is 6.40. The molecule has 1 aromatic rings. The maximum atomic E-state index is 11.0. The van der Waals surface area contributed by atoms with Gasteiger partial charge < -0.3 is 5.11 Å². The number of carbonyl (C=O) groups is 1. The highest BCUT2D eigenvalue weighted by molar-refractivity contribution is 7.99. The van der Waals surface area contributed by atoms with E-state index in [1.54, 1.807) is 23.5 Å². The quantitative estimate of drug-likeness (QED) is 0.830. The molecule has 2 nitrogen and oxygen atoms in total. The number of aryl methyl sites for hydroxylation is 1. The van der Waals surface area contributed by atoms with E-state index in [-0.39, 0.29) is 11.8 Å². The summed E-state index contributed by atoms with van der Waals surface area (Å²) >= 11 is 3.46. The summed E-state index contributed by atoms with van der Waals surface area (Å²) in [7, 11) is 0. The molecular weight excluding hydrogens is 264 g/mol. The largest absolute Gasteiger partial charge is 0.481 e. The Kier molecular flexibility index (Phi) is 3.97. The van der Waals surface area contributed by atoms with Crippen LogP contribution in [0, 0.1) is 6.92 Å². The first kappa shape index (κ1) is 13.8. The van der Waals surface area contributed by atoms with Crippen LogP contribution in [0.15, 0.2) is 21.9 Å². The molecule has 2 rings (SSSR count). The van der Waals surface area contributed by atoms with Crippen LogP contribution in [0.3, 0.4) is 0 Å². The Morgan fingerprint density at radius 3 is 2.33 bits per heavy atom. The Labute approximate surface area is 117 Å². The fourth-order valence-corrected chi connectivity index (χ4v) is 3.85. The van der Waals surface area contributed by atoms with E-state index in [1.165, 1.54) is 20.9 Å². The van der Waals surface area contributed by atoms with E-state index in [9.17, 15) is 4.79 Å². The molecule has 1 fully saturated rings. The van der Waals surface area contributed by atoms with Crippen molar-refractivity contribution in [2.75, 3.05) is 12.5 Å². The Morgan fingerprint density at radius 1 is 1.28 bits per heavy atom. The molecule has 0 spiro atoms. The van der Waals surface area contributed by atoms with Crippen molar-refractivity contribution in [2.24, 2.45) is 0 Å². The van der Waals surface area contributed by atoms with E-state index in [4.69, 9.17) is 5.11 Å². The first-order chi connectivity index (χ1) is 8.52. The predicted octanol–water partition coefficient (Wildman–Crippen LogP) is 3.95. The average molecular weight is 282 g/mol. The normalized spacial score (nSPS) is 16.6. The third-order valence-electron chi connectivity index (χ3n) is 3.63. The summed E-state index contributed by atoms with van der Waals surface area (Å²) in [5, 5.41) is 9.08. The van der Waals surface area contributed by atoms with Crippen molar-refractivity contribution >= 4 is 29.5 Å². The Bertz CT molecular complexity index is 479. The molecule has 98 valence electrons. The van der Waals surface area contributed by atoms with Crippen molar-refractivity contribution in [3.8, 4) is 0 Å². The zero-order valence-corrected chi connectivity index (χ0v) is 12.6. The van der Waals surface area contributed by atoms with Gasteiger partial charge in [-0.05, 0) is 55.5 Å². The number of hydrogen-bond donors (Lipinski definition) is 1. The van der Waals surface area contributed by atoms with Crippen LogP contribution in [0.5, 0.6) is 0 Å². The minimum atomic E-state index is -0.689. The van der Waals surface area contributed by atoms with E-state index >= 15 is 0 Å². The van der Waals surface area contributed by atoms with E-state index in [0.717, 1.165) is 12.8 Å². The second-order valence-corrected chi connectivity index (χ2v) is 6.57. The van der Waals surface area contributed by atoms with Crippen molar-refractivity contribution in [1.29, 1.82) is 0 Å². The van der Waals surface area contributed by atoms with Crippen molar-refractivity contribution in [3.05, 3.63) is 23.3 Å². The number of aliphatic carboxylic acids is 1. The van der Waals surface area contributed by atoms with Gasteiger partial charge in [0.15, 0.2) is 0 Å². The fraction of sp³-hybridized carbons (Fsp3) is 0.500. The van der Waals surface area contributed by atoms with Crippen molar-refractivity contribution < 1.29 is 9.90 Å². The van der Waals surface area contributed by atoms with Gasteiger partial charge in [0, 0.05) is 15.2 Å². The molecule has 1 aromatic carbocycles. The Morgan fingerprint density at radius 2 is 1.89 bits per heavy atom. The van der Waals surface area contributed by atoms with E-state index in [2.05, 4.69) is 31.6 Å². The summed E-state index contributed by atoms with van der Waals surface area (Å²) in [6, 6.07) is 4.41. The smallest absolute Gasteiger partial charge is 0.304 e. The molecule has 0 saturated heterocycles. The highest BCUT2D eigenvalue weighted by Crippen LogP contribution is 2.54. The molecule has 4 heteroatoms. The van der Waals surface area contributed by atoms with Crippen LogP contribution >= 0.6 is 23.5 Å². The molecule has 0 aromatic heterocycles. The minimum Gasteiger partial charge on any atom is -0.481 e. The molecule has 1 aliphatic carbocycles. The van der Waals surface area contributed by atoms with E-state index < -0.39 is 5.97 Å². The first-order valence-corrected chi connectivity index (χ1v) is 8.42. The molecule has 1 saturated carbocycles. The zero-order valence-electron chi connectivity index (χ0n) is 10.9. The van der Waals surface area contributed by atoms with Gasteiger partial charge in [-0.3, -0.25) is 4.79 Å². The molecule has 0 unspecified atom stereocenters. The van der Waals surface area contributed by atoms with Crippen LogP contribution in [0.25, 0.3) is 0 Å². The monoisotopic (exact) mass is 282 g/mol. The van der Waals surface area contributed by atoms with Gasteiger partial charge in [-0.1, -0.05) is 0 Å². The molecule has 0 amide bonds. The lowest BCUT2D eigenvalue weighted by Gasteiger charge is -2.19. The van der Waals surface area contributed by atoms with Gasteiger partial charge in [-0.25, -0.2) is 0 Å². The number of hydrogen-bond acceptors (Lipinski definition) is 3. The van der Waals surface area contributed by atoms with Gasteiger partial charge in [-0.15, -0.1) is 23.5 Å². The molecule has 0 heterocycles. The summed E-state index contributed by atoms with van der Waals surface area (Å²) in [6.45, 7) is 2.12. The second-order valence-electron chi connectivity index (χ2n) is 4.87. The van der Waals surface area contributed by atoms with Crippen molar-refractivity contribution in [1.82, 2.24) is 0 Å². The number of carboxylic acid groups (broad SMARTS) is 1. The standard InChI is InChI=1S/C14H18O2S2/c1-9-6-12(18-3)10(7-11(9)17-2)14(4-5-14)8-13(15)16/h6-7H,4-5,8H2,1-3H3,(H,15,16). The number of benzene rings is 1. The van der Waals surface area contributed by atoms with Gasteiger partial charge >= 0.3 is 5.97 Å². The van der Waals surface area contributed by atoms with E-state index in [0.29, 0.717) is 0 Å². The maximum Gasteiger partial charge on any atom is 0.304 e. The van der Waals surface area contributed by atoms with Crippen LogP contribution in [0.2, 0.25) is 0 Å². The first-order valence-electron chi connectivity index (χ1n) is 5.97. The van der Waals surface area contributed by atoms with Crippen LogP contribution in [0.4, 0.5) is 0 Å². The van der Waals surface area contributed by atoms with E-state index in [1.807, 2.05) is 0 Å². The topological polar surface area (TPSA) is 37.3 Å². The highest BCUT2D eigenvalue weighted by atomic mass is 32.2. The number of carboxylic acids is 1. The molecule has 0 atom stereocenters. The third kappa shape index (κ3) is 2.54. The third-order valence-corrected chi connectivity index (χ3v) is 5.29. The van der Waals surface area contributed by atoms with Gasteiger partial charge in [0.05, 0.1) is 6.42 Å². The highest BCUT2D eigenvalue weighted by Gasteiger charge is 2.47. The Hall–Kier alpha value is -0.610. The molecule has 0 aliphatic heterocycles. The summed E-state index contributed by atoms with van der Waals surface area (Å²) < 4.78 is 0. The van der Waals surface area contributed by atoms with Crippen LogP contribution < -0.4 is 0 Å². The lowest BCUT2D eigenvalue weighted by molar-refractivity contribution is -0.137. The minimum absolute atomic E-state index is 0.0949. The Balaban J connectivity index is 2.46. The molecule has 1 aliphatic rings. The van der Waals surface area contributed by atoms with Crippen LogP contribution in [0.1, 0.15) is 30.4 Å². The van der Waals surface area contributed by atoms with Crippen molar-refractivity contribution in [2.45, 2.75) is 41.4 Å². The number of rotatable bonds is 5. The van der Waals surface area contributed by atoms with Gasteiger partial charge in [0.25, 0.3) is 0 Å². The van der Waals surface area contributed by atoms with Crippen LogP contribution in [-0.4, -0.2) is 23.6 Å². The summed E-state index contributed by atoms with van der Waals surface area (Å²) in [5.41, 5.74) is 2.43. The lowest BCUT2D eigenvalue weighted by atomic mass is 9.91. The fourth-order valence-electron chi connectivity index (χ4n) is 2.45. The summed E-state index contributed by atoms with van der Waals surface area (Å²) in [5.74, 6) is -0.689. The number of thioether (sulfide) groups is 2. The van der Waals surface area contributed by atoms with Crippen molar-refractivity contribution in [3.63, 3.8) is 0 Å². The predicted molar refractivity (Wildman–Crippen MR) is 77.9 cm³/mol. The van der Waals surface area contributed by atoms with Crippen LogP contribution in [-0.2, 0) is 10.2 Å². The molecular formula is C14H18O2S2. The SMILES string of the molecule is CSc1cc(C2(CC(=O)O)CC2)c(SC)cc1C.